The van der Waals surface area contributed by atoms with E-state index in [1.54, 1.807) is 0 Å². The molecule has 1 fully saturated rings. The van der Waals surface area contributed by atoms with Gasteiger partial charge in [0.1, 0.15) is 0 Å². The van der Waals surface area contributed by atoms with E-state index in [-0.39, 0.29) is 0 Å². The minimum Gasteiger partial charge on any atom is -0.0888 e. The molecule has 0 radical (unpaired) electrons. The van der Waals surface area contributed by atoms with Crippen LogP contribution in [0.1, 0.15) is 39.0 Å². The van der Waals surface area contributed by atoms with Crippen molar-refractivity contribution in [2.24, 2.45) is 5.92 Å². The summed E-state index contributed by atoms with van der Waals surface area (Å²) in [6.07, 6.45) is 7.09. The van der Waals surface area contributed by atoms with E-state index in [0.717, 1.165) is 10.7 Å². The Hall–Kier alpha value is 0.480. The van der Waals surface area contributed by atoms with E-state index in [2.05, 4.69) is 22.9 Å². The number of halogens is 1. The molecule has 0 spiro atoms. The fourth-order valence-electron chi connectivity index (χ4n) is 1.69. The fraction of sp³-hybridized carbons (Fsp3) is 1.00. The van der Waals surface area contributed by atoms with Gasteiger partial charge in [0.25, 0.3) is 0 Å². The highest BCUT2D eigenvalue weighted by Crippen LogP contribution is 2.34. The second-order valence-electron chi connectivity index (χ2n) is 3.00. The quantitative estimate of drug-likeness (QED) is 0.587. The highest BCUT2D eigenvalue weighted by atomic mass is 79.9. The van der Waals surface area contributed by atoms with Gasteiger partial charge in [0.15, 0.2) is 0 Å². The van der Waals surface area contributed by atoms with E-state index in [9.17, 15) is 0 Å². The van der Waals surface area contributed by atoms with Crippen molar-refractivity contribution < 1.29 is 0 Å². The molecule has 0 aromatic carbocycles. The van der Waals surface area contributed by atoms with Gasteiger partial charge in [0, 0.05) is 4.83 Å². The van der Waals surface area contributed by atoms with E-state index in [1.165, 1.54) is 32.1 Å². The number of hydrogen-bond acceptors (Lipinski definition) is 0. The van der Waals surface area contributed by atoms with Gasteiger partial charge in [-0.1, -0.05) is 35.7 Å². The third-order valence-electron chi connectivity index (χ3n) is 2.23. The zero-order valence-electron chi connectivity index (χ0n) is 6.07. The van der Waals surface area contributed by atoms with Gasteiger partial charge in [-0.2, -0.15) is 0 Å². The van der Waals surface area contributed by atoms with Crippen LogP contribution in [-0.2, 0) is 0 Å². The summed E-state index contributed by atoms with van der Waals surface area (Å²) < 4.78 is 0. The molecule has 1 aliphatic rings. The molecule has 1 aliphatic carbocycles. The Morgan fingerprint density at radius 3 is 2.67 bits per heavy atom. The number of hydrogen-bond donors (Lipinski definition) is 0. The summed E-state index contributed by atoms with van der Waals surface area (Å²) >= 11 is 3.71. The van der Waals surface area contributed by atoms with E-state index in [0.29, 0.717) is 0 Å². The lowest BCUT2D eigenvalue weighted by Crippen LogP contribution is -2.04. The molecule has 2 unspecified atom stereocenters. The SMILES string of the molecule is CCCC1CCCC1Br. The van der Waals surface area contributed by atoms with Crippen LogP contribution in [0.2, 0.25) is 0 Å². The van der Waals surface area contributed by atoms with Crippen LogP contribution < -0.4 is 0 Å². The molecule has 0 bridgehead atoms. The number of rotatable bonds is 2. The Morgan fingerprint density at radius 2 is 2.22 bits per heavy atom. The Morgan fingerprint density at radius 1 is 1.44 bits per heavy atom. The third-order valence-corrected chi connectivity index (χ3v) is 3.43. The summed E-state index contributed by atoms with van der Waals surface area (Å²) in [6, 6.07) is 0. The van der Waals surface area contributed by atoms with Crippen molar-refractivity contribution in [3.05, 3.63) is 0 Å². The monoisotopic (exact) mass is 190 g/mol. The summed E-state index contributed by atoms with van der Waals surface area (Å²) in [6.45, 7) is 2.28. The van der Waals surface area contributed by atoms with Crippen molar-refractivity contribution in [2.45, 2.75) is 43.9 Å². The Labute approximate surface area is 66.2 Å². The lowest BCUT2D eigenvalue weighted by molar-refractivity contribution is 0.510. The van der Waals surface area contributed by atoms with Gasteiger partial charge in [-0.3, -0.25) is 0 Å². The van der Waals surface area contributed by atoms with E-state index >= 15 is 0 Å². The van der Waals surface area contributed by atoms with Gasteiger partial charge < -0.3 is 0 Å². The normalized spacial score (nSPS) is 35.3. The van der Waals surface area contributed by atoms with Crippen LogP contribution in [-0.4, -0.2) is 4.83 Å². The molecule has 0 aromatic heterocycles. The highest BCUT2D eigenvalue weighted by Gasteiger charge is 2.23. The Bertz CT molecular complexity index is 80.6. The first-order chi connectivity index (χ1) is 4.34. The molecule has 1 saturated carbocycles. The molecule has 1 heteroatoms. The molecule has 0 N–H and O–H groups in total. The highest BCUT2D eigenvalue weighted by molar-refractivity contribution is 9.09. The fourth-order valence-corrected chi connectivity index (χ4v) is 2.54. The smallest absolute Gasteiger partial charge is 0.0174 e. The zero-order chi connectivity index (χ0) is 6.69. The first-order valence-electron chi connectivity index (χ1n) is 3.98. The van der Waals surface area contributed by atoms with Crippen molar-refractivity contribution >= 4 is 15.9 Å². The van der Waals surface area contributed by atoms with E-state index in [1.807, 2.05) is 0 Å². The standard InChI is InChI=1S/C8H15Br/c1-2-4-7-5-3-6-8(7)9/h7-8H,2-6H2,1H3. The average molecular weight is 191 g/mol. The maximum Gasteiger partial charge on any atom is 0.0174 e. The van der Waals surface area contributed by atoms with Crippen molar-refractivity contribution in [3.8, 4) is 0 Å². The molecule has 1 rings (SSSR count). The topological polar surface area (TPSA) is 0 Å². The summed E-state index contributed by atoms with van der Waals surface area (Å²) in [5, 5.41) is 0. The Balaban J connectivity index is 2.22. The summed E-state index contributed by atoms with van der Waals surface area (Å²) in [4.78, 5) is 0.845. The van der Waals surface area contributed by atoms with Crippen LogP contribution in [0.3, 0.4) is 0 Å². The van der Waals surface area contributed by atoms with Crippen LogP contribution in [0.25, 0.3) is 0 Å². The molecule has 0 nitrogen and oxygen atoms in total. The predicted octanol–water partition coefficient (Wildman–Crippen LogP) is 3.35. The molecule has 0 amide bonds. The molecule has 0 heterocycles. The first kappa shape index (κ1) is 7.59. The molecule has 0 saturated heterocycles. The molecule has 2 atom stereocenters. The second-order valence-corrected chi connectivity index (χ2v) is 4.17. The van der Waals surface area contributed by atoms with Crippen LogP contribution in [0.5, 0.6) is 0 Å². The van der Waals surface area contributed by atoms with Gasteiger partial charge >= 0.3 is 0 Å². The number of alkyl halides is 1. The van der Waals surface area contributed by atoms with Gasteiger partial charge in [-0.05, 0) is 25.2 Å². The van der Waals surface area contributed by atoms with E-state index < -0.39 is 0 Å². The Kier molecular flexibility index (Phi) is 3.03. The molecular formula is C8H15Br. The van der Waals surface area contributed by atoms with Gasteiger partial charge in [0.2, 0.25) is 0 Å². The van der Waals surface area contributed by atoms with Crippen molar-refractivity contribution in [1.29, 1.82) is 0 Å². The predicted molar refractivity (Wildman–Crippen MR) is 45.0 cm³/mol. The van der Waals surface area contributed by atoms with Crippen molar-refractivity contribution in [1.82, 2.24) is 0 Å². The summed E-state index contributed by atoms with van der Waals surface area (Å²) in [5.74, 6) is 0.995. The minimum absolute atomic E-state index is 0.845. The lowest BCUT2D eigenvalue weighted by atomic mass is 10.0. The summed E-state index contributed by atoms with van der Waals surface area (Å²) in [5.41, 5.74) is 0. The average Bonchev–Trinajstić information content (AvgIpc) is 2.18. The van der Waals surface area contributed by atoms with Gasteiger partial charge in [-0.15, -0.1) is 0 Å². The van der Waals surface area contributed by atoms with Crippen molar-refractivity contribution in [2.75, 3.05) is 0 Å². The lowest BCUT2D eigenvalue weighted by Gasteiger charge is -2.10. The van der Waals surface area contributed by atoms with Crippen LogP contribution in [0.15, 0.2) is 0 Å². The minimum atomic E-state index is 0.845. The second kappa shape index (κ2) is 3.60. The van der Waals surface area contributed by atoms with Crippen LogP contribution >= 0.6 is 15.9 Å². The maximum absolute atomic E-state index is 3.71. The van der Waals surface area contributed by atoms with Crippen LogP contribution in [0, 0.1) is 5.92 Å². The molecule has 0 aromatic rings. The molecular weight excluding hydrogens is 176 g/mol. The van der Waals surface area contributed by atoms with Crippen LogP contribution in [0.4, 0.5) is 0 Å². The maximum atomic E-state index is 3.71. The molecule has 54 valence electrons. The van der Waals surface area contributed by atoms with Crippen molar-refractivity contribution in [3.63, 3.8) is 0 Å². The third kappa shape index (κ3) is 1.96. The summed E-state index contributed by atoms with van der Waals surface area (Å²) in [7, 11) is 0. The zero-order valence-corrected chi connectivity index (χ0v) is 7.65. The molecule has 9 heavy (non-hydrogen) atoms. The largest absolute Gasteiger partial charge is 0.0888 e. The van der Waals surface area contributed by atoms with E-state index in [4.69, 9.17) is 0 Å². The first-order valence-corrected chi connectivity index (χ1v) is 4.90. The van der Waals surface area contributed by atoms with Gasteiger partial charge in [0.05, 0.1) is 0 Å². The molecule has 0 aliphatic heterocycles. The van der Waals surface area contributed by atoms with Gasteiger partial charge in [-0.25, -0.2) is 0 Å².